The van der Waals surface area contributed by atoms with E-state index in [4.69, 9.17) is 0 Å². The van der Waals surface area contributed by atoms with Crippen molar-refractivity contribution in [2.24, 2.45) is 23.2 Å². The number of amides is 2. The molecule has 2 amide bonds. The Balaban J connectivity index is 1.41. The van der Waals surface area contributed by atoms with Crippen LogP contribution in [-0.4, -0.2) is 17.9 Å². The van der Waals surface area contributed by atoms with E-state index in [1.807, 2.05) is 12.1 Å². The summed E-state index contributed by atoms with van der Waals surface area (Å²) in [5.41, 5.74) is 1.59. The average molecular weight is 407 g/mol. The fraction of sp³-hybridized carbons (Fsp3) is 0.542. The first-order valence-corrected chi connectivity index (χ1v) is 10.9. The quantitative estimate of drug-likeness (QED) is 0.488. The average Bonchev–Trinajstić information content (AvgIpc) is 2.67. The summed E-state index contributed by atoms with van der Waals surface area (Å²) in [6, 6.07) is 9.22. The van der Waals surface area contributed by atoms with E-state index in [0.29, 0.717) is 11.4 Å². The third-order valence-electron chi connectivity index (χ3n) is 7.28. The molecule has 6 nitrogen and oxygen atoms in total. The smallest absolute Gasteiger partial charge is 0.263 e. The van der Waals surface area contributed by atoms with Gasteiger partial charge in [-0.2, -0.15) is 5.26 Å². The molecule has 30 heavy (non-hydrogen) atoms. The summed E-state index contributed by atoms with van der Waals surface area (Å²) in [6.07, 6.45) is 9.16. The van der Waals surface area contributed by atoms with Crippen LogP contribution in [0.4, 0.5) is 11.4 Å². The highest BCUT2D eigenvalue weighted by atomic mass is 16.2. The predicted octanol–water partition coefficient (Wildman–Crippen LogP) is 4.19. The number of anilines is 2. The molecule has 0 saturated heterocycles. The number of hydrogen-bond acceptors (Lipinski definition) is 4. The molecule has 4 bridgehead atoms. The molecule has 4 aliphatic rings. The minimum absolute atomic E-state index is 0.0523. The van der Waals surface area contributed by atoms with Crippen LogP contribution in [0.5, 0.6) is 0 Å². The van der Waals surface area contributed by atoms with E-state index in [1.54, 1.807) is 18.2 Å². The summed E-state index contributed by atoms with van der Waals surface area (Å²) >= 11 is 0. The standard InChI is InChI=1S/C24H30N4O2/c1-15(24-10-17-6-18(11-24)8-19(7-17)12-24)27-23(30)20(13-25)14-26-21-4-3-5-22(9-21)28-16(2)29/h3-5,9,14-15,17-19,26H,6-8,10-12H2,1-2H3,(H,27,30)(H,28,29)/b20-14-. The van der Waals surface area contributed by atoms with Gasteiger partial charge in [0.25, 0.3) is 5.91 Å². The molecule has 0 heterocycles. The minimum Gasteiger partial charge on any atom is -0.360 e. The summed E-state index contributed by atoms with van der Waals surface area (Å²) in [6.45, 7) is 3.56. The lowest BCUT2D eigenvalue weighted by Crippen LogP contribution is -2.56. The molecule has 1 aromatic rings. The van der Waals surface area contributed by atoms with Crippen LogP contribution >= 0.6 is 0 Å². The van der Waals surface area contributed by atoms with Gasteiger partial charge in [0, 0.05) is 30.5 Å². The Morgan fingerprint density at radius 3 is 2.30 bits per heavy atom. The Kier molecular flexibility index (Phi) is 5.55. The number of carbonyl (C=O) groups excluding carboxylic acids is 2. The van der Waals surface area contributed by atoms with Gasteiger partial charge in [-0.3, -0.25) is 9.59 Å². The van der Waals surface area contributed by atoms with E-state index in [-0.39, 0.29) is 28.8 Å². The molecule has 5 rings (SSSR count). The van der Waals surface area contributed by atoms with Crippen LogP contribution in [0.25, 0.3) is 0 Å². The third kappa shape index (κ3) is 4.21. The molecule has 1 atom stereocenters. The number of nitriles is 1. The lowest BCUT2D eigenvalue weighted by Gasteiger charge is -2.59. The summed E-state index contributed by atoms with van der Waals surface area (Å²) in [5.74, 6) is 1.97. The normalized spacial score (nSPS) is 30.3. The molecule has 0 aromatic heterocycles. The van der Waals surface area contributed by atoms with Crippen LogP contribution in [0.15, 0.2) is 36.0 Å². The van der Waals surface area contributed by atoms with Gasteiger partial charge in [-0.1, -0.05) is 6.07 Å². The fourth-order valence-corrected chi connectivity index (χ4v) is 6.33. The SMILES string of the molecule is CC(=O)Nc1cccc(N/C=C(/C#N)C(=O)NC(C)C23CC4CC(CC(C4)C2)C3)c1. The van der Waals surface area contributed by atoms with Crippen LogP contribution < -0.4 is 16.0 Å². The Bertz CT molecular complexity index is 879. The van der Waals surface area contributed by atoms with Crippen molar-refractivity contribution < 1.29 is 9.59 Å². The molecule has 0 radical (unpaired) electrons. The first kappa shape index (κ1) is 20.5. The fourth-order valence-electron chi connectivity index (χ4n) is 6.33. The lowest BCUT2D eigenvalue weighted by molar-refractivity contribution is -0.122. The maximum Gasteiger partial charge on any atom is 0.263 e. The number of carbonyl (C=O) groups is 2. The van der Waals surface area contributed by atoms with Crippen molar-refractivity contribution in [3.8, 4) is 6.07 Å². The van der Waals surface area contributed by atoms with Gasteiger partial charge in [-0.25, -0.2) is 0 Å². The molecule has 1 aromatic carbocycles. The van der Waals surface area contributed by atoms with E-state index in [0.717, 1.165) is 17.8 Å². The largest absolute Gasteiger partial charge is 0.360 e. The number of rotatable bonds is 6. The van der Waals surface area contributed by atoms with Crippen molar-refractivity contribution in [3.63, 3.8) is 0 Å². The highest BCUT2D eigenvalue weighted by Crippen LogP contribution is 2.61. The zero-order valence-corrected chi connectivity index (χ0v) is 17.7. The summed E-state index contributed by atoms with van der Waals surface area (Å²) in [4.78, 5) is 24.0. The number of benzene rings is 1. The van der Waals surface area contributed by atoms with E-state index >= 15 is 0 Å². The van der Waals surface area contributed by atoms with E-state index < -0.39 is 0 Å². The maximum atomic E-state index is 12.8. The molecular weight excluding hydrogens is 376 g/mol. The van der Waals surface area contributed by atoms with Crippen molar-refractivity contribution in [1.29, 1.82) is 5.26 Å². The second-order valence-electron chi connectivity index (χ2n) is 9.55. The highest BCUT2D eigenvalue weighted by Gasteiger charge is 2.53. The van der Waals surface area contributed by atoms with Crippen LogP contribution in [-0.2, 0) is 9.59 Å². The first-order valence-electron chi connectivity index (χ1n) is 10.9. The third-order valence-corrected chi connectivity index (χ3v) is 7.28. The summed E-state index contributed by atoms with van der Waals surface area (Å²) in [5, 5.41) is 18.4. The molecule has 4 aliphatic carbocycles. The van der Waals surface area contributed by atoms with Crippen molar-refractivity contribution in [1.82, 2.24) is 5.32 Å². The lowest BCUT2D eigenvalue weighted by atomic mass is 9.48. The Hall–Kier alpha value is -2.81. The van der Waals surface area contributed by atoms with Gasteiger partial charge in [0.05, 0.1) is 0 Å². The molecule has 0 aliphatic heterocycles. The van der Waals surface area contributed by atoms with Crippen molar-refractivity contribution >= 4 is 23.2 Å². The van der Waals surface area contributed by atoms with Crippen LogP contribution in [0, 0.1) is 34.5 Å². The molecule has 0 spiro atoms. The molecular formula is C24H30N4O2. The Morgan fingerprint density at radius 1 is 1.13 bits per heavy atom. The van der Waals surface area contributed by atoms with Crippen molar-refractivity contribution in [3.05, 3.63) is 36.0 Å². The maximum absolute atomic E-state index is 12.8. The molecule has 4 saturated carbocycles. The van der Waals surface area contributed by atoms with Gasteiger partial charge in [-0.05, 0) is 86.8 Å². The van der Waals surface area contributed by atoms with Gasteiger partial charge in [0.2, 0.25) is 5.91 Å². The summed E-state index contributed by atoms with van der Waals surface area (Å²) in [7, 11) is 0. The Morgan fingerprint density at radius 2 is 1.73 bits per heavy atom. The predicted molar refractivity (Wildman–Crippen MR) is 116 cm³/mol. The van der Waals surface area contributed by atoms with E-state index in [2.05, 4.69) is 22.9 Å². The highest BCUT2D eigenvalue weighted by molar-refractivity contribution is 5.97. The number of hydrogen-bond donors (Lipinski definition) is 3. The van der Waals surface area contributed by atoms with Gasteiger partial charge in [-0.15, -0.1) is 0 Å². The zero-order chi connectivity index (χ0) is 21.3. The van der Waals surface area contributed by atoms with Crippen molar-refractivity contribution in [2.75, 3.05) is 10.6 Å². The van der Waals surface area contributed by atoms with Gasteiger partial charge in [0.15, 0.2) is 0 Å². The molecule has 6 heteroatoms. The minimum atomic E-state index is -0.328. The topological polar surface area (TPSA) is 94.0 Å². The number of nitrogens with one attached hydrogen (secondary N) is 3. The van der Waals surface area contributed by atoms with Crippen LogP contribution in [0.1, 0.15) is 52.4 Å². The second-order valence-corrected chi connectivity index (χ2v) is 9.55. The summed E-state index contributed by atoms with van der Waals surface area (Å²) < 4.78 is 0. The van der Waals surface area contributed by atoms with Gasteiger partial charge < -0.3 is 16.0 Å². The van der Waals surface area contributed by atoms with Crippen LogP contribution in [0.2, 0.25) is 0 Å². The van der Waals surface area contributed by atoms with Gasteiger partial charge in [0.1, 0.15) is 11.6 Å². The number of nitrogens with zero attached hydrogens (tertiary/aromatic N) is 1. The zero-order valence-electron chi connectivity index (χ0n) is 17.7. The Labute approximate surface area is 178 Å². The monoisotopic (exact) mass is 406 g/mol. The van der Waals surface area contributed by atoms with Gasteiger partial charge >= 0.3 is 0 Å². The molecule has 3 N–H and O–H groups in total. The van der Waals surface area contributed by atoms with E-state index in [1.165, 1.54) is 51.6 Å². The molecule has 4 fully saturated rings. The molecule has 1 unspecified atom stereocenters. The van der Waals surface area contributed by atoms with Crippen LogP contribution in [0.3, 0.4) is 0 Å². The molecule has 158 valence electrons. The first-order chi connectivity index (χ1) is 14.4. The van der Waals surface area contributed by atoms with Crippen molar-refractivity contribution in [2.45, 2.75) is 58.4 Å². The second kappa shape index (κ2) is 8.14. The van der Waals surface area contributed by atoms with E-state index in [9.17, 15) is 14.9 Å².